The molecule has 2 nitrogen and oxygen atoms in total. The molecule has 0 aliphatic rings. The van der Waals surface area contributed by atoms with Crippen molar-refractivity contribution in [3.8, 4) is 0 Å². The van der Waals surface area contributed by atoms with Gasteiger partial charge in [0, 0.05) is 18.9 Å². The van der Waals surface area contributed by atoms with Gasteiger partial charge in [0.2, 0.25) is 0 Å². The fraction of sp³-hybridized carbons (Fsp3) is 0.429. The summed E-state index contributed by atoms with van der Waals surface area (Å²) in [5.41, 5.74) is 8.02. The Bertz CT molecular complexity index is 160. The Morgan fingerprint density at radius 1 is 1.44 bits per heavy atom. The first kappa shape index (κ1) is 6.36. The van der Waals surface area contributed by atoms with Gasteiger partial charge in [0.25, 0.3) is 0 Å². The molecule has 0 unspecified atom stereocenters. The van der Waals surface area contributed by atoms with Crippen LogP contribution in [0, 0.1) is 0 Å². The van der Waals surface area contributed by atoms with E-state index in [0.717, 1.165) is 6.42 Å². The highest BCUT2D eigenvalue weighted by Crippen LogP contribution is 2.06. The largest absolute Gasteiger partial charge is 0.367 e. The molecule has 1 aromatic rings. The zero-order chi connectivity index (χ0) is 6.69. The lowest BCUT2D eigenvalue weighted by Crippen LogP contribution is -1.96. The molecular formula is C7H12N2. The van der Waals surface area contributed by atoms with Gasteiger partial charge in [-0.2, -0.15) is 0 Å². The fourth-order valence-electron chi connectivity index (χ4n) is 0.947. The lowest BCUT2D eigenvalue weighted by Gasteiger charge is -1.93. The minimum Gasteiger partial charge on any atom is -0.367 e. The van der Waals surface area contributed by atoms with Crippen LogP contribution in [0.1, 0.15) is 18.1 Å². The van der Waals surface area contributed by atoms with Crippen LogP contribution in [0.5, 0.6) is 0 Å². The number of rotatable bonds is 2. The SMILES string of the molecule is CCc1c[nH]cc1CN. The number of nitrogens with one attached hydrogen (secondary N) is 1. The van der Waals surface area contributed by atoms with Crippen LogP contribution in [-0.4, -0.2) is 4.98 Å². The molecule has 1 rings (SSSR count). The lowest BCUT2D eigenvalue weighted by molar-refractivity contribution is 1.02. The van der Waals surface area contributed by atoms with E-state index in [-0.39, 0.29) is 0 Å². The highest BCUT2D eigenvalue weighted by Gasteiger charge is 1.96. The third-order valence-corrected chi connectivity index (χ3v) is 1.53. The van der Waals surface area contributed by atoms with Crippen molar-refractivity contribution in [1.29, 1.82) is 0 Å². The Morgan fingerprint density at radius 3 is 2.56 bits per heavy atom. The zero-order valence-corrected chi connectivity index (χ0v) is 5.65. The molecule has 0 bridgehead atoms. The van der Waals surface area contributed by atoms with Crippen LogP contribution in [0.25, 0.3) is 0 Å². The molecular weight excluding hydrogens is 112 g/mol. The predicted molar refractivity (Wildman–Crippen MR) is 38.1 cm³/mol. The summed E-state index contributed by atoms with van der Waals surface area (Å²) in [4.78, 5) is 3.02. The van der Waals surface area contributed by atoms with Gasteiger partial charge in [-0.3, -0.25) is 0 Å². The van der Waals surface area contributed by atoms with Gasteiger partial charge >= 0.3 is 0 Å². The summed E-state index contributed by atoms with van der Waals surface area (Å²) in [6.45, 7) is 2.77. The molecule has 0 aliphatic carbocycles. The topological polar surface area (TPSA) is 41.8 Å². The summed E-state index contributed by atoms with van der Waals surface area (Å²) in [5.74, 6) is 0. The number of hydrogen-bond acceptors (Lipinski definition) is 1. The van der Waals surface area contributed by atoms with Crippen LogP contribution in [0.15, 0.2) is 12.4 Å². The van der Waals surface area contributed by atoms with Gasteiger partial charge in [0.05, 0.1) is 0 Å². The van der Waals surface area contributed by atoms with Gasteiger partial charge in [-0.1, -0.05) is 6.92 Å². The summed E-state index contributed by atoms with van der Waals surface area (Å²) < 4.78 is 0. The van der Waals surface area contributed by atoms with Gasteiger partial charge in [0.1, 0.15) is 0 Å². The first-order valence-electron chi connectivity index (χ1n) is 3.23. The smallest absolute Gasteiger partial charge is 0.0195 e. The monoisotopic (exact) mass is 124 g/mol. The van der Waals surface area contributed by atoms with E-state index < -0.39 is 0 Å². The molecule has 1 heterocycles. The fourth-order valence-corrected chi connectivity index (χ4v) is 0.947. The molecule has 50 valence electrons. The van der Waals surface area contributed by atoms with Gasteiger partial charge in [0.15, 0.2) is 0 Å². The number of nitrogens with two attached hydrogens (primary N) is 1. The summed E-state index contributed by atoms with van der Waals surface area (Å²) in [5, 5.41) is 0. The summed E-state index contributed by atoms with van der Waals surface area (Å²) in [7, 11) is 0. The van der Waals surface area contributed by atoms with Gasteiger partial charge in [-0.05, 0) is 17.5 Å². The molecule has 9 heavy (non-hydrogen) atoms. The van der Waals surface area contributed by atoms with E-state index in [1.165, 1.54) is 11.1 Å². The average molecular weight is 124 g/mol. The molecule has 1 aromatic heterocycles. The minimum atomic E-state index is 0.646. The molecule has 0 aromatic carbocycles. The average Bonchev–Trinajstić information content (AvgIpc) is 2.33. The van der Waals surface area contributed by atoms with Crippen molar-refractivity contribution in [2.75, 3.05) is 0 Å². The molecule has 0 saturated heterocycles. The molecule has 0 saturated carbocycles. The highest BCUT2D eigenvalue weighted by molar-refractivity contribution is 5.22. The van der Waals surface area contributed by atoms with E-state index in [4.69, 9.17) is 5.73 Å². The predicted octanol–water partition coefficient (Wildman–Crippen LogP) is 1.04. The molecule has 0 fully saturated rings. The minimum absolute atomic E-state index is 0.646. The standard InChI is InChI=1S/C7H12N2/c1-2-6-4-9-5-7(6)3-8/h4-5,9H,2-3,8H2,1H3. The molecule has 0 amide bonds. The quantitative estimate of drug-likeness (QED) is 0.607. The summed E-state index contributed by atoms with van der Waals surface area (Å²) in [6, 6.07) is 0. The Kier molecular flexibility index (Phi) is 1.90. The van der Waals surface area contributed by atoms with E-state index in [2.05, 4.69) is 11.9 Å². The lowest BCUT2D eigenvalue weighted by atomic mass is 10.1. The second-order valence-corrected chi connectivity index (χ2v) is 2.06. The maximum Gasteiger partial charge on any atom is 0.0195 e. The highest BCUT2D eigenvalue weighted by atomic mass is 14.7. The van der Waals surface area contributed by atoms with Crippen molar-refractivity contribution in [3.63, 3.8) is 0 Å². The first-order valence-corrected chi connectivity index (χ1v) is 3.23. The summed E-state index contributed by atoms with van der Waals surface area (Å²) in [6.07, 6.45) is 5.02. The van der Waals surface area contributed by atoms with Crippen LogP contribution in [0.4, 0.5) is 0 Å². The first-order chi connectivity index (χ1) is 4.38. The van der Waals surface area contributed by atoms with Crippen molar-refractivity contribution in [1.82, 2.24) is 4.98 Å². The van der Waals surface area contributed by atoms with E-state index in [0.29, 0.717) is 6.54 Å². The van der Waals surface area contributed by atoms with E-state index in [1.807, 2.05) is 12.4 Å². The van der Waals surface area contributed by atoms with E-state index in [9.17, 15) is 0 Å². The van der Waals surface area contributed by atoms with Crippen molar-refractivity contribution in [2.45, 2.75) is 19.9 Å². The Balaban J connectivity index is 2.85. The van der Waals surface area contributed by atoms with Crippen LogP contribution in [-0.2, 0) is 13.0 Å². The normalized spacial score (nSPS) is 10.0. The molecule has 0 spiro atoms. The van der Waals surface area contributed by atoms with Crippen molar-refractivity contribution in [3.05, 3.63) is 23.5 Å². The van der Waals surface area contributed by atoms with Crippen molar-refractivity contribution < 1.29 is 0 Å². The number of aromatic nitrogens is 1. The Hall–Kier alpha value is -0.760. The second-order valence-electron chi connectivity index (χ2n) is 2.06. The number of hydrogen-bond donors (Lipinski definition) is 2. The maximum atomic E-state index is 5.45. The van der Waals surface area contributed by atoms with Gasteiger partial charge in [-0.25, -0.2) is 0 Å². The third-order valence-electron chi connectivity index (χ3n) is 1.53. The van der Waals surface area contributed by atoms with Crippen LogP contribution >= 0.6 is 0 Å². The number of H-pyrrole nitrogens is 1. The van der Waals surface area contributed by atoms with Crippen LogP contribution < -0.4 is 5.73 Å². The Morgan fingerprint density at radius 2 is 2.11 bits per heavy atom. The van der Waals surface area contributed by atoms with E-state index >= 15 is 0 Å². The molecule has 2 heteroatoms. The van der Waals surface area contributed by atoms with Crippen LogP contribution in [0.2, 0.25) is 0 Å². The van der Waals surface area contributed by atoms with Crippen molar-refractivity contribution >= 4 is 0 Å². The molecule has 0 radical (unpaired) electrons. The molecule has 0 aliphatic heterocycles. The third kappa shape index (κ3) is 1.13. The zero-order valence-electron chi connectivity index (χ0n) is 5.65. The number of aryl methyl sites for hydroxylation is 1. The maximum absolute atomic E-state index is 5.45. The van der Waals surface area contributed by atoms with Crippen molar-refractivity contribution in [2.24, 2.45) is 5.73 Å². The summed E-state index contributed by atoms with van der Waals surface area (Å²) >= 11 is 0. The molecule has 0 atom stereocenters. The van der Waals surface area contributed by atoms with Gasteiger partial charge < -0.3 is 10.7 Å². The second kappa shape index (κ2) is 2.69. The van der Waals surface area contributed by atoms with Gasteiger partial charge in [-0.15, -0.1) is 0 Å². The van der Waals surface area contributed by atoms with Crippen LogP contribution in [0.3, 0.4) is 0 Å². The van der Waals surface area contributed by atoms with E-state index in [1.54, 1.807) is 0 Å². The molecule has 3 N–H and O–H groups in total. The number of aromatic amines is 1. The Labute approximate surface area is 55.1 Å².